The van der Waals surface area contributed by atoms with Crippen molar-refractivity contribution < 1.29 is 19.6 Å². The van der Waals surface area contributed by atoms with E-state index in [-0.39, 0.29) is 24.2 Å². The summed E-state index contributed by atoms with van der Waals surface area (Å²) in [7, 11) is -1.62. The van der Waals surface area contributed by atoms with Gasteiger partial charge in [-0.05, 0) is 24.3 Å². The third-order valence-corrected chi connectivity index (χ3v) is 4.74. The maximum atomic E-state index is 13.0. The molecule has 0 saturated carbocycles. The normalized spacial score (nSPS) is 20.2. The van der Waals surface area contributed by atoms with Crippen molar-refractivity contribution in [1.82, 2.24) is 20.6 Å². The Morgan fingerprint density at radius 1 is 1.24 bits per heavy atom. The number of nitrogens with zero attached hydrogens (tertiary/aromatic N) is 2. The number of carbonyl (C=O) groups excluding carboxylic acids is 1. The molecule has 9 heteroatoms. The van der Waals surface area contributed by atoms with Gasteiger partial charge in [0.05, 0.1) is 23.9 Å². The number of rotatable bonds is 10. The lowest BCUT2D eigenvalue weighted by molar-refractivity contribution is -0.123. The monoisotopic (exact) mass is 398 g/mol. The predicted octanol–water partition coefficient (Wildman–Crippen LogP) is 0.618. The third kappa shape index (κ3) is 6.33. The molecule has 0 spiro atoms. The first-order valence-corrected chi connectivity index (χ1v) is 9.82. The highest BCUT2D eigenvalue weighted by Gasteiger charge is 2.44. The van der Waals surface area contributed by atoms with Crippen LogP contribution in [0.2, 0.25) is 0 Å². The highest BCUT2D eigenvalue weighted by Crippen LogP contribution is 2.35. The van der Waals surface area contributed by atoms with E-state index < -0.39 is 19.1 Å². The highest BCUT2D eigenvalue weighted by molar-refractivity contribution is 6.43. The Morgan fingerprint density at radius 2 is 2.00 bits per heavy atom. The molecule has 2 unspecified atom stereocenters. The van der Waals surface area contributed by atoms with Gasteiger partial charge in [-0.1, -0.05) is 44.2 Å². The van der Waals surface area contributed by atoms with Crippen molar-refractivity contribution in [2.45, 2.75) is 51.0 Å². The summed E-state index contributed by atoms with van der Waals surface area (Å²) in [5.74, 6) is -0.838. The summed E-state index contributed by atoms with van der Waals surface area (Å²) >= 11 is 0. The zero-order valence-corrected chi connectivity index (χ0v) is 16.6. The van der Waals surface area contributed by atoms with Crippen LogP contribution in [0.4, 0.5) is 0 Å². The minimum absolute atomic E-state index is 0.204. The van der Waals surface area contributed by atoms with Crippen LogP contribution in [0.15, 0.2) is 48.9 Å². The molecule has 8 nitrogen and oxygen atoms in total. The highest BCUT2D eigenvalue weighted by atomic mass is 16.6. The van der Waals surface area contributed by atoms with Crippen LogP contribution in [-0.4, -0.2) is 51.3 Å². The summed E-state index contributed by atoms with van der Waals surface area (Å²) in [5.41, 5.74) is 1.69. The van der Waals surface area contributed by atoms with Crippen LogP contribution >= 0.6 is 0 Å². The van der Waals surface area contributed by atoms with Gasteiger partial charge in [0.25, 0.3) is 0 Å². The molecule has 0 aliphatic carbocycles. The molecule has 1 saturated heterocycles. The zero-order valence-electron chi connectivity index (χ0n) is 16.6. The van der Waals surface area contributed by atoms with Gasteiger partial charge in [-0.3, -0.25) is 20.1 Å². The fourth-order valence-corrected chi connectivity index (χ4v) is 3.24. The van der Waals surface area contributed by atoms with Crippen molar-refractivity contribution in [1.29, 1.82) is 0 Å². The van der Waals surface area contributed by atoms with Gasteiger partial charge in [0, 0.05) is 12.4 Å². The largest absolute Gasteiger partial charge is 0.475 e. The number of amides is 1. The third-order valence-electron chi connectivity index (χ3n) is 4.74. The van der Waals surface area contributed by atoms with E-state index in [1.165, 1.54) is 0 Å². The molecular weight excluding hydrogens is 371 g/mol. The smallest absolute Gasteiger partial charge is 0.426 e. The number of carbonyl (C=O) groups is 1. The lowest BCUT2D eigenvalue weighted by atomic mass is 9.75. The summed E-state index contributed by atoms with van der Waals surface area (Å²) in [5, 5.41) is 25.3. The first kappa shape index (κ1) is 21.4. The molecule has 154 valence electrons. The first-order valence-electron chi connectivity index (χ1n) is 9.82. The van der Waals surface area contributed by atoms with Crippen molar-refractivity contribution in [2.75, 3.05) is 0 Å². The first-order chi connectivity index (χ1) is 13.9. The van der Waals surface area contributed by atoms with E-state index in [1.807, 2.05) is 44.2 Å². The van der Waals surface area contributed by atoms with E-state index >= 15 is 0 Å². The van der Waals surface area contributed by atoms with Crippen molar-refractivity contribution in [2.24, 2.45) is 5.92 Å². The molecule has 1 aromatic carbocycles. The average Bonchev–Trinajstić information content (AvgIpc) is 3.47. The van der Waals surface area contributed by atoms with Crippen LogP contribution in [0, 0.1) is 5.92 Å². The van der Waals surface area contributed by atoms with Crippen molar-refractivity contribution in [3.05, 3.63) is 60.2 Å². The standard InChI is InChI=1S/C20H27BN4O4/c1-13(2)10-17(21(27)28)25-19(26)15(11-14-6-4-3-5-7-14)24-20-18(29-20)16-12-22-8-9-23-16/h3-9,12-13,15,17-18,20,24,27-28H,10-11H2,1-2H3,(H,25,26)/t15-,17-,18?,20?/m0/s1. The van der Waals surface area contributed by atoms with E-state index in [4.69, 9.17) is 4.74 Å². The predicted molar refractivity (Wildman–Crippen MR) is 108 cm³/mol. The summed E-state index contributed by atoms with van der Waals surface area (Å²) in [6.07, 6.45) is 5.12. The zero-order chi connectivity index (χ0) is 20.8. The molecule has 0 radical (unpaired) electrons. The van der Waals surface area contributed by atoms with Gasteiger partial charge in [-0.2, -0.15) is 0 Å². The maximum Gasteiger partial charge on any atom is 0.475 e. The van der Waals surface area contributed by atoms with Crippen LogP contribution in [0.5, 0.6) is 0 Å². The second kappa shape index (κ2) is 9.93. The number of hydrogen-bond acceptors (Lipinski definition) is 7. The molecule has 0 bridgehead atoms. The van der Waals surface area contributed by atoms with E-state index in [2.05, 4.69) is 20.6 Å². The van der Waals surface area contributed by atoms with E-state index in [0.717, 1.165) is 5.56 Å². The van der Waals surface area contributed by atoms with Gasteiger partial charge in [0.15, 0.2) is 0 Å². The van der Waals surface area contributed by atoms with Crippen LogP contribution < -0.4 is 10.6 Å². The van der Waals surface area contributed by atoms with Gasteiger partial charge in [-0.15, -0.1) is 0 Å². The van der Waals surface area contributed by atoms with Crippen LogP contribution in [0.3, 0.4) is 0 Å². The minimum Gasteiger partial charge on any atom is -0.426 e. The van der Waals surface area contributed by atoms with E-state index in [1.54, 1.807) is 18.6 Å². The molecule has 1 fully saturated rings. The number of benzene rings is 1. The second-order valence-electron chi connectivity index (χ2n) is 7.67. The van der Waals surface area contributed by atoms with Gasteiger partial charge in [0.1, 0.15) is 12.3 Å². The Balaban J connectivity index is 1.68. The summed E-state index contributed by atoms with van der Waals surface area (Å²) in [6.45, 7) is 3.93. The Morgan fingerprint density at radius 3 is 2.62 bits per heavy atom. The Bertz CT molecular complexity index is 779. The lowest BCUT2D eigenvalue weighted by Crippen LogP contribution is -2.54. The molecule has 1 amide bonds. The fraction of sp³-hybridized carbons (Fsp3) is 0.450. The van der Waals surface area contributed by atoms with Gasteiger partial charge >= 0.3 is 7.12 Å². The summed E-state index contributed by atoms with van der Waals surface area (Å²) in [6, 6.07) is 9.04. The molecular formula is C20H27BN4O4. The summed E-state index contributed by atoms with van der Waals surface area (Å²) in [4.78, 5) is 21.3. The molecule has 1 aliphatic heterocycles. The molecule has 3 rings (SSSR count). The van der Waals surface area contributed by atoms with Crippen LogP contribution in [0.25, 0.3) is 0 Å². The van der Waals surface area contributed by atoms with Crippen molar-refractivity contribution in [3.8, 4) is 0 Å². The molecule has 2 heterocycles. The molecule has 1 aliphatic rings. The number of aromatic nitrogens is 2. The van der Waals surface area contributed by atoms with Gasteiger partial charge in [-0.25, -0.2) is 0 Å². The topological polar surface area (TPSA) is 120 Å². The minimum atomic E-state index is -1.62. The fourth-order valence-electron chi connectivity index (χ4n) is 3.24. The van der Waals surface area contributed by atoms with E-state index in [9.17, 15) is 14.8 Å². The molecule has 2 aromatic rings. The average molecular weight is 398 g/mol. The van der Waals surface area contributed by atoms with Crippen LogP contribution in [0.1, 0.15) is 37.6 Å². The second-order valence-corrected chi connectivity index (χ2v) is 7.67. The lowest BCUT2D eigenvalue weighted by Gasteiger charge is -2.24. The van der Waals surface area contributed by atoms with Gasteiger partial charge < -0.3 is 20.1 Å². The summed E-state index contributed by atoms with van der Waals surface area (Å²) < 4.78 is 5.65. The van der Waals surface area contributed by atoms with Crippen molar-refractivity contribution >= 4 is 13.0 Å². The number of hydrogen-bond donors (Lipinski definition) is 4. The number of nitrogens with one attached hydrogen (secondary N) is 2. The Kier molecular flexibility index (Phi) is 7.32. The Hall–Kier alpha value is -2.33. The van der Waals surface area contributed by atoms with Crippen molar-refractivity contribution in [3.63, 3.8) is 0 Å². The Labute approximate surface area is 170 Å². The molecule has 4 atom stereocenters. The van der Waals surface area contributed by atoms with Gasteiger partial charge in [0.2, 0.25) is 5.91 Å². The van der Waals surface area contributed by atoms with E-state index in [0.29, 0.717) is 18.5 Å². The number of ether oxygens (including phenoxy) is 1. The SMILES string of the molecule is CC(C)C[C@H](NC(=O)[C@H](Cc1ccccc1)NC1OC1c1cnccn1)B(O)O. The maximum absolute atomic E-state index is 13.0. The quantitative estimate of drug-likeness (QED) is 0.342. The van der Waals surface area contributed by atoms with Crippen LogP contribution in [-0.2, 0) is 16.0 Å². The molecule has 29 heavy (non-hydrogen) atoms. The molecule has 4 N–H and O–H groups in total. The molecule has 1 aromatic heterocycles. The number of epoxide rings is 1.